The first-order valence-corrected chi connectivity index (χ1v) is 9.72. The van der Waals surface area contributed by atoms with Crippen molar-refractivity contribution in [2.75, 3.05) is 46.9 Å². The number of guanidine groups is 1. The van der Waals surface area contributed by atoms with Gasteiger partial charge >= 0.3 is 0 Å². The summed E-state index contributed by atoms with van der Waals surface area (Å²) >= 11 is 0. The summed E-state index contributed by atoms with van der Waals surface area (Å²) in [6.07, 6.45) is 5.40. The molecule has 1 aliphatic rings. The van der Waals surface area contributed by atoms with Crippen LogP contribution in [0.1, 0.15) is 38.2 Å². The van der Waals surface area contributed by atoms with Gasteiger partial charge in [-0.3, -0.25) is 0 Å². The lowest BCUT2D eigenvalue weighted by molar-refractivity contribution is 0.289. The SMILES string of the molecule is CCNC(=NCc1ccc(OC)c(OC)c1)NCCN1CCCCCC1. The van der Waals surface area contributed by atoms with Gasteiger partial charge in [-0.05, 0) is 50.6 Å². The molecule has 1 heterocycles. The van der Waals surface area contributed by atoms with Gasteiger partial charge < -0.3 is 25.0 Å². The van der Waals surface area contributed by atoms with E-state index in [1.807, 2.05) is 18.2 Å². The molecule has 0 bridgehead atoms. The molecule has 0 amide bonds. The first kappa shape index (κ1) is 20.4. The third kappa shape index (κ3) is 6.75. The van der Waals surface area contributed by atoms with Crippen molar-refractivity contribution >= 4 is 5.96 Å². The van der Waals surface area contributed by atoms with Gasteiger partial charge in [-0.15, -0.1) is 0 Å². The van der Waals surface area contributed by atoms with E-state index in [4.69, 9.17) is 14.5 Å². The van der Waals surface area contributed by atoms with Crippen LogP contribution >= 0.6 is 0 Å². The van der Waals surface area contributed by atoms with E-state index in [2.05, 4.69) is 22.5 Å². The molecular formula is C20H34N4O2. The Balaban J connectivity index is 1.87. The van der Waals surface area contributed by atoms with Crippen molar-refractivity contribution in [2.45, 2.75) is 39.2 Å². The molecule has 1 saturated heterocycles. The Morgan fingerprint density at radius 3 is 2.42 bits per heavy atom. The Kier molecular flexibility index (Phi) is 9.10. The summed E-state index contributed by atoms with van der Waals surface area (Å²) < 4.78 is 10.6. The van der Waals surface area contributed by atoms with E-state index in [9.17, 15) is 0 Å². The third-order valence-electron chi connectivity index (χ3n) is 4.63. The first-order chi connectivity index (χ1) is 12.8. The number of ether oxygens (including phenoxy) is 2. The van der Waals surface area contributed by atoms with Crippen LogP contribution in [0.4, 0.5) is 0 Å². The number of methoxy groups -OCH3 is 2. The Morgan fingerprint density at radius 2 is 1.77 bits per heavy atom. The lowest BCUT2D eigenvalue weighted by Gasteiger charge is -2.20. The molecule has 6 heteroatoms. The third-order valence-corrected chi connectivity index (χ3v) is 4.63. The zero-order valence-electron chi connectivity index (χ0n) is 16.5. The molecule has 0 unspecified atom stereocenters. The predicted octanol–water partition coefficient (Wildman–Crippen LogP) is 2.63. The maximum atomic E-state index is 5.36. The van der Waals surface area contributed by atoms with Crippen LogP contribution in [-0.4, -0.2) is 57.8 Å². The second-order valence-electron chi connectivity index (χ2n) is 6.57. The minimum atomic E-state index is 0.597. The summed E-state index contributed by atoms with van der Waals surface area (Å²) in [5.74, 6) is 2.33. The monoisotopic (exact) mass is 362 g/mol. The van der Waals surface area contributed by atoms with Crippen molar-refractivity contribution in [2.24, 2.45) is 4.99 Å². The number of benzene rings is 1. The Morgan fingerprint density at radius 1 is 1.04 bits per heavy atom. The molecule has 26 heavy (non-hydrogen) atoms. The van der Waals surface area contributed by atoms with E-state index in [1.165, 1.54) is 38.8 Å². The fraction of sp³-hybridized carbons (Fsp3) is 0.650. The number of nitrogens with one attached hydrogen (secondary N) is 2. The normalized spacial score (nSPS) is 16.0. The molecular weight excluding hydrogens is 328 g/mol. The van der Waals surface area contributed by atoms with Crippen molar-refractivity contribution in [3.05, 3.63) is 23.8 Å². The van der Waals surface area contributed by atoms with E-state index in [-0.39, 0.29) is 0 Å². The molecule has 0 saturated carbocycles. The quantitative estimate of drug-likeness (QED) is 0.550. The molecule has 0 spiro atoms. The smallest absolute Gasteiger partial charge is 0.191 e. The zero-order valence-corrected chi connectivity index (χ0v) is 16.5. The van der Waals surface area contributed by atoms with Crippen LogP contribution in [0.5, 0.6) is 11.5 Å². The van der Waals surface area contributed by atoms with E-state index >= 15 is 0 Å². The number of rotatable bonds is 8. The van der Waals surface area contributed by atoms with Gasteiger partial charge in [0.1, 0.15) is 0 Å². The standard InChI is InChI=1S/C20H34N4O2/c1-4-21-20(22-11-14-24-12-7-5-6-8-13-24)23-16-17-9-10-18(25-2)19(15-17)26-3/h9-10,15H,4-8,11-14,16H2,1-3H3,(H2,21,22,23). The van der Waals surface area contributed by atoms with Gasteiger partial charge in [-0.25, -0.2) is 4.99 Å². The molecule has 1 fully saturated rings. The van der Waals surface area contributed by atoms with Crippen molar-refractivity contribution in [3.8, 4) is 11.5 Å². The Hall–Kier alpha value is -1.95. The molecule has 1 aromatic carbocycles. The average molecular weight is 363 g/mol. The molecule has 0 atom stereocenters. The maximum absolute atomic E-state index is 5.36. The molecule has 0 radical (unpaired) electrons. The van der Waals surface area contributed by atoms with Gasteiger partial charge in [0, 0.05) is 19.6 Å². The van der Waals surface area contributed by atoms with Crippen LogP contribution in [0.15, 0.2) is 23.2 Å². The lowest BCUT2D eigenvalue weighted by Crippen LogP contribution is -2.41. The largest absolute Gasteiger partial charge is 0.493 e. The summed E-state index contributed by atoms with van der Waals surface area (Å²) in [6.45, 7) is 7.96. The number of hydrogen-bond acceptors (Lipinski definition) is 4. The summed E-state index contributed by atoms with van der Waals surface area (Å²) in [5.41, 5.74) is 1.09. The molecule has 2 N–H and O–H groups in total. The van der Waals surface area contributed by atoms with Crippen molar-refractivity contribution in [3.63, 3.8) is 0 Å². The number of nitrogens with zero attached hydrogens (tertiary/aromatic N) is 2. The van der Waals surface area contributed by atoms with Gasteiger partial charge in [-0.2, -0.15) is 0 Å². The second kappa shape index (κ2) is 11.6. The highest BCUT2D eigenvalue weighted by atomic mass is 16.5. The fourth-order valence-electron chi connectivity index (χ4n) is 3.18. The van der Waals surface area contributed by atoms with E-state index < -0.39 is 0 Å². The van der Waals surface area contributed by atoms with Gasteiger partial charge in [0.05, 0.1) is 20.8 Å². The molecule has 1 aromatic rings. The van der Waals surface area contributed by atoms with Crippen molar-refractivity contribution in [1.82, 2.24) is 15.5 Å². The predicted molar refractivity (Wildman–Crippen MR) is 107 cm³/mol. The summed E-state index contributed by atoms with van der Waals surface area (Å²) in [6, 6.07) is 5.91. The van der Waals surface area contributed by atoms with Crippen LogP contribution < -0.4 is 20.1 Å². The number of likely N-dealkylation sites (tertiary alicyclic amines) is 1. The lowest BCUT2D eigenvalue weighted by atomic mass is 10.2. The van der Waals surface area contributed by atoms with Crippen LogP contribution in [0.25, 0.3) is 0 Å². The Labute approximate surface area is 158 Å². The molecule has 0 aliphatic carbocycles. The summed E-state index contributed by atoms with van der Waals surface area (Å²) in [7, 11) is 3.30. The topological polar surface area (TPSA) is 58.1 Å². The van der Waals surface area contributed by atoms with Crippen LogP contribution in [-0.2, 0) is 6.54 Å². The van der Waals surface area contributed by atoms with E-state index in [0.29, 0.717) is 6.54 Å². The molecule has 6 nitrogen and oxygen atoms in total. The van der Waals surface area contributed by atoms with Crippen LogP contribution in [0.3, 0.4) is 0 Å². The molecule has 146 valence electrons. The van der Waals surface area contributed by atoms with Crippen LogP contribution in [0, 0.1) is 0 Å². The highest BCUT2D eigenvalue weighted by Gasteiger charge is 2.09. The molecule has 0 aromatic heterocycles. The molecule has 2 rings (SSSR count). The van der Waals surface area contributed by atoms with Gasteiger partial charge in [0.25, 0.3) is 0 Å². The van der Waals surface area contributed by atoms with Crippen molar-refractivity contribution < 1.29 is 9.47 Å². The first-order valence-electron chi connectivity index (χ1n) is 9.72. The number of aliphatic imine (C=N–C) groups is 1. The van der Waals surface area contributed by atoms with Crippen molar-refractivity contribution in [1.29, 1.82) is 0 Å². The number of hydrogen-bond donors (Lipinski definition) is 2. The Bertz CT molecular complexity index is 555. The van der Waals surface area contributed by atoms with E-state index in [0.717, 1.165) is 42.7 Å². The zero-order chi connectivity index (χ0) is 18.6. The van der Waals surface area contributed by atoms with Gasteiger partial charge in [-0.1, -0.05) is 18.9 Å². The fourth-order valence-corrected chi connectivity index (χ4v) is 3.18. The highest BCUT2D eigenvalue weighted by Crippen LogP contribution is 2.27. The van der Waals surface area contributed by atoms with E-state index in [1.54, 1.807) is 14.2 Å². The summed E-state index contributed by atoms with van der Waals surface area (Å²) in [4.78, 5) is 7.25. The van der Waals surface area contributed by atoms with Gasteiger partial charge in [0.15, 0.2) is 17.5 Å². The summed E-state index contributed by atoms with van der Waals surface area (Å²) in [5, 5.41) is 6.77. The van der Waals surface area contributed by atoms with Gasteiger partial charge in [0.2, 0.25) is 0 Å². The second-order valence-corrected chi connectivity index (χ2v) is 6.57. The minimum absolute atomic E-state index is 0.597. The minimum Gasteiger partial charge on any atom is -0.493 e. The highest BCUT2D eigenvalue weighted by molar-refractivity contribution is 5.79. The molecule has 1 aliphatic heterocycles. The van der Waals surface area contributed by atoms with Crippen LogP contribution in [0.2, 0.25) is 0 Å². The average Bonchev–Trinajstić information content (AvgIpc) is 2.94. The maximum Gasteiger partial charge on any atom is 0.191 e.